The molecule has 6 heteroatoms. The van der Waals surface area contributed by atoms with Crippen LogP contribution in [0.25, 0.3) is 6.08 Å². The number of hydrogen-bond donors (Lipinski definition) is 1. The number of aromatic nitrogens is 1. The third-order valence-corrected chi connectivity index (χ3v) is 4.90. The molecule has 0 aromatic carbocycles. The van der Waals surface area contributed by atoms with E-state index in [1.54, 1.807) is 6.08 Å². The van der Waals surface area contributed by atoms with E-state index in [0.29, 0.717) is 18.8 Å². The average Bonchev–Trinajstić information content (AvgIpc) is 2.92. The summed E-state index contributed by atoms with van der Waals surface area (Å²) in [6, 6.07) is 0. The molecule has 1 heterocycles. The molecular formula is C16H22N2O3S. The van der Waals surface area contributed by atoms with Gasteiger partial charge in [-0.1, -0.05) is 6.92 Å². The first-order valence-electron chi connectivity index (χ1n) is 7.46. The Hall–Kier alpha value is -1.69. The van der Waals surface area contributed by atoms with Gasteiger partial charge in [0.25, 0.3) is 0 Å². The fourth-order valence-corrected chi connectivity index (χ4v) is 3.31. The summed E-state index contributed by atoms with van der Waals surface area (Å²) >= 11 is 1.53. The Kier molecular flexibility index (Phi) is 5.34. The van der Waals surface area contributed by atoms with Crippen LogP contribution in [0.5, 0.6) is 0 Å². The highest BCUT2D eigenvalue weighted by molar-refractivity contribution is 7.09. The van der Waals surface area contributed by atoms with E-state index in [2.05, 4.69) is 17.2 Å². The van der Waals surface area contributed by atoms with Crippen molar-refractivity contribution in [3.05, 3.63) is 22.2 Å². The van der Waals surface area contributed by atoms with Crippen molar-refractivity contribution in [2.24, 2.45) is 5.92 Å². The number of esters is 1. The van der Waals surface area contributed by atoms with Gasteiger partial charge in [0, 0.05) is 11.5 Å². The Morgan fingerprint density at radius 1 is 1.45 bits per heavy atom. The van der Waals surface area contributed by atoms with Gasteiger partial charge in [0.2, 0.25) is 5.91 Å². The molecule has 0 aliphatic heterocycles. The number of amides is 1. The maximum absolute atomic E-state index is 12.2. The highest BCUT2D eigenvalue weighted by Gasteiger charge is 2.43. The van der Waals surface area contributed by atoms with E-state index in [4.69, 9.17) is 4.74 Å². The molecule has 1 aliphatic rings. The minimum absolute atomic E-state index is 0.286. The first-order chi connectivity index (χ1) is 10.4. The number of hydrogen-bond acceptors (Lipinski definition) is 5. The maximum Gasteiger partial charge on any atom is 0.331 e. The zero-order chi connectivity index (χ0) is 16.2. The minimum Gasteiger partial charge on any atom is -0.467 e. The van der Waals surface area contributed by atoms with Crippen LogP contribution >= 0.6 is 11.3 Å². The Morgan fingerprint density at radius 2 is 2.14 bits per heavy atom. The number of nitrogens with one attached hydrogen (secondary N) is 1. The van der Waals surface area contributed by atoms with E-state index in [-0.39, 0.29) is 11.9 Å². The summed E-state index contributed by atoms with van der Waals surface area (Å²) in [4.78, 5) is 28.6. The van der Waals surface area contributed by atoms with Gasteiger partial charge in [-0.2, -0.15) is 0 Å². The van der Waals surface area contributed by atoms with Crippen molar-refractivity contribution >= 4 is 29.3 Å². The molecule has 0 radical (unpaired) electrons. The predicted octanol–water partition coefficient (Wildman–Crippen LogP) is 2.70. The zero-order valence-corrected chi connectivity index (χ0v) is 14.0. The highest BCUT2D eigenvalue weighted by Crippen LogP contribution is 2.32. The monoisotopic (exact) mass is 322 g/mol. The number of carbonyl (C=O) groups excluding carboxylic acids is 2. The molecule has 1 aliphatic carbocycles. The molecule has 0 bridgehead atoms. The Balaban J connectivity index is 2.05. The number of carbonyl (C=O) groups is 2. The van der Waals surface area contributed by atoms with Crippen LogP contribution in [-0.4, -0.2) is 29.5 Å². The average molecular weight is 322 g/mol. The second-order valence-corrected chi connectivity index (χ2v) is 6.93. The molecule has 0 unspecified atom stereocenters. The summed E-state index contributed by atoms with van der Waals surface area (Å²) in [5, 5.41) is 5.69. The molecule has 5 nitrogen and oxygen atoms in total. The van der Waals surface area contributed by atoms with E-state index in [9.17, 15) is 9.59 Å². The third kappa shape index (κ3) is 3.94. The smallest absolute Gasteiger partial charge is 0.331 e. The molecule has 1 amide bonds. The summed E-state index contributed by atoms with van der Waals surface area (Å²) in [6.07, 6.45) is 6.15. The van der Waals surface area contributed by atoms with E-state index < -0.39 is 5.54 Å². The zero-order valence-electron chi connectivity index (χ0n) is 13.2. The first kappa shape index (κ1) is 16.7. The molecular weight excluding hydrogens is 300 g/mol. The van der Waals surface area contributed by atoms with E-state index in [1.165, 1.54) is 24.5 Å². The van der Waals surface area contributed by atoms with Gasteiger partial charge in [0.15, 0.2) is 0 Å². The number of thiazole rings is 1. The van der Waals surface area contributed by atoms with Crippen LogP contribution in [0.2, 0.25) is 0 Å². The van der Waals surface area contributed by atoms with Gasteiger partial charge in [-0.25, -0.2) is 9.78 Å². The molecule has 120 valence electrons. The summed E-state index contributed by atoms with van der Waals surface area (Å²) in [7, 11) is 1.36. The Morgan fingerprint density at radius 3 is 2.68 bits per heavy atom. The molecule has 0 spiro atoms. The van der Waals surface area contributed by atoms with E-state index in [1.807, 2.05) is 12.3 Å². The number of rotatable bonds is 4. The van der Waals surface area contributed by atoms with Gasteiger partial charge in [0.1, 0.15) is 5.54 Å². The van der Waals surface area contributed by atoms with Gasteiger partial charge in [-0.15, -0.1) is 11.3 Å². The van der Waals surface area contributed by atoms with Crippen LogP contribution in [0.3, 0.4) is 0 Å². The van der Waals surface area contributed by atoms with Crippen molar-refractivity contribution < 1.29 is 14.3 Å². The van der Waals surface area contributed by atoms with Crippen LogP contribution in [0.1, 0.15) is 43.3 Å². The minimum atomic E-state index is -0.888. The predicted molar refractivity (Wildman–Crippen MR) is 86.4 cm³/mol. The molecule has 1 saturated carbocycles. The second-order valence-electron chi connectivity index (χ2n) is 5.87. The number of methoxy groups -OCH3 is 1. The topological polar surface area (TPSA) is 68.3 Å². The van der Waals surface area contributed by atoms with Crippen LogP contribution in [0.4, 0.5) is 0 Å². The lowest BCUT2D eigenvalue weighted by Gasteiger charge is -2.37. The number of aryl methyl sites for hydroxylation is 1. The molecule has 22 heavy (non-hydrogen) atoms. The summed E-state index contributed by atoms with van der Waals surface area (Å²) in [6.45, 7) is 4.07. The highest BCUT2D eigenvalue weighted by atomic mass is 32.1. The lowest BCUT2D eigenvalue weighted by Crippen LogP contribution is -2.56. The van der Waals surface area contributed by atoms with Gasteiger partial charge in [-0.3, -0.25) is 4.79 Å². The summed E-state index contributed by atoms with van der Waals surface area (Å²) < 4.78 is 4.91. The largest absolute Gasteiger partial charge is 0.467 e. The standard InChI is InChI=1S/C16H22N2O3S/c1-11-6-8-16(9-7-11,15(20)21-3)18-14(19)5-4-13-10-22-12(2)17-13/h4-5,10-11H,6-9H2,1-3H3,(H,18,19)/b5-4+. The fourth-order valence-electron chi connectivity index (χ4n) is 2.73. The molecule has 0 atom stereocenters. The van der Waals surface area contributed by atoms with E-state index >= 15 is 0 Å². The van der Waals surface area contributed by atoms with Crippen LogP contribution in [-0.2, 0) is 14.3 Å². The Labute approximate surface area is 134 Å². The second kappa shape index (κ2) is 7.05. The lowest BCUT2D eigenvalue weighted by molar-refractivity contribution is -0.152. The van der Waals surface area contributed by atoms with Crippen molar-refractivity contribution in [2.75, 3.05) is 7.11 Å². The van der Waals surface area contributed by atoms with Gasteiger partial charge >= 0.3 is 5.97 Å². The van der Waals surface area contributed by atoms with Crippen LogP contribution < -0.4 is 5.32 Å². The number of nitrogens with zero attached hydrogens (tertiary/aromatic N) is 1. The van der Waals surface area contributed by atoms with E-state index in [0.717, 1.165) is 23.5 Å². The quantitative estimate of drug-likeness (QED) is 0.683. The van der Waals surface area contributed by atoms with Crippen molar-refractivity contribution in [1.29, 1.82) is 0 Å². The molecule has 2 rings (SSSR count). The molecule has 1 fully saturated rings. The van der Waals surface area contributed by atoms with Crippen molar-refractivity contribution in [1.82, 2.24) is 10.3 Å². The molecule has 1 aromatic rings. The summed E-state index contributed by atoms with van der Waals surface area (Å²) in [5.41, 5.74) is -0.136. The van der Waals surface area contributed by atoms with Gasteiger partial charge < -0.3 is 10.1 Å². The van der Waals surface area contributed by atoms with Crippen molar-refractivity contribution in [2.45, 2.75) is 45.1 Å². The fraction of sp³-hybridized carbons (Fsp3) is 0.562. The molecule has 0 saturated heterocycles. The first-order valence-corrected chi connectivity index (χ1v) is 8.34. The summed E-state index contributed by atoms with van der Waals surface area (Å²) in [5.74, 6) is -0.0699. The lowest BCUT2D eigenvalue weighted by atomic mass is 9.77. The number of ether oxygens (including phenoxy) is 1. The third-order valence-electron chi connectivity index (χ3n) is 4.11. The molecule has 1 N–H and O–H groups in total. The van der Waals surface area contributed by atoms with Gasteiger partial charge in [0.05, 0.1) is 17.8 Å². The molecule has 1 aromatic heterocycles. The maximum atomic E-state index is 12.2. The van der Waals surface area contributed by atoms with Gasteiger partial charge in [-0.05, 0) is 44.6 Å². The van der Waals surface area contributed by atoms with Crippen molar-refractivity contribution in [3.63, 3.8) is 0 Å². The SMILES string of the molecule is COC(=O)C1(NC(=O)/C=C/c2csc(C)n2)CCC(C)CC1. The van der Waals surface area contributed by atoms with Crippen LogP contribution in [0.15, 0.2) is 11.5 Å². The van der Waals surface area contributed by atoms with Crippen molar-refractivity contribution in [3.8, 4) is 0 Å². The Bertz CT molecular complexity index is 572. The van der Waals surface area contributed by atoms with Crippen LogP contribution in [0, 0.1) is 12.8 Å². The normalized spacial score (nSPS) is 25.1.